The van der Waals surface area contributed by atoms with Crippen LogP contribution < -0.4 is 22.7 Å². The largest absolute Gasteiger partial charge is 1.00 e. The predicted molar refractivity (Wildman–Crippen MR) is 84.8 cm³/mol. The number of ketones is 1. The van der Waals surface area contributed by atoms with Crippen LogP contribution in [0.25, 0.3) is 0 Å². The number of halogens is 1. The van der Waals surface area contributed by atoms with Crippen molar-refractivity contribution in [1.82, 2.24) is 0 Å². The van der Waals surface area contributed by atoms with Gasteiger partial charge in [0, 0.05) is 5.56 Å². The molecule has 0 aliphatic carbocycles. The summed E-state index contributed by atoms with van der Waals surface area (Å²) in [6.07, 6.45) is 7.81. The first kappa shape index (κ1) is 19.6. The Bertz CT molecular complexity index is 532. The Morgan fingerprint density at radius 2 is 1.62 bits per heavy atom. The molecule has 0 spiro atoms. The highest BCUT2D eigenvalue weighted by Crippen LogP contribution is 2.23. The van der Waals surface area contributed by atoms with Crippen LogP contribution >= 0.6 is 0 Å². The molecule has 0 saturated heterocycles. The lowest BCUT2D eigenvalue weighted by Crippen LogP contribution is -3.00. The number of carbonyl (C=O) groups is 1. The maximum absolute atomic E-state index is 12.3. The van der Waals surface area contributed by atoms with E-state index in [0.717, 1.165) is 24.0 Å². The fourth-order valence-electron chi connectivity index (χ4n) is 2.36. The molecule has 3 heteroatoms. The summed E-state index contributed by atoms with van der Waals surface area (Å²) in [7, 11) is 0. The number of carbonyl (C=O) groups excluding carboxylic acids is 1. The van der Waals surface area contributed by atoms with Gasteiger partial charge in [0.15, 0.2) is 0 Å². The van der Waals surface area contributed by atoms with Crippen LogP contribution in [-0.4, -0.2) is 11.8 Å². The van der Waals surface area contributed by atoms with Gasteiger partial charge in [0.1, 0.15) is 6.04 Å². The average Bonchev–Trinajstić information content (AvgIpc) is 2.42. The molecule has 0 aliphatic rings. The van der Waals surface area contributed by atoms with Crippen molar-refractivity contribution in [3.05, 3.63) is 72.4 Å². The highest BCUT2D eigenvalue weighted by molar-refractivity contribution is 6.00. The van der Waals surface area contributed by atoms with Crippen molar-refractivity contribution in [1.29, 1.82) is 0 Å². The van der Waals surface area contributed by atoms with Gasteiger partial charge in [0.25, 0.3) is 0 Å². The van der Waals surface area contributed by atoms with E-state index in [9.17, 15) is 4.79 Å². The van der Waals surface area contributed by atoms with E-state index in [1.807, 2.05) is 37.3 Å². The molecule has 1 unspecified atom stereocenters. The molecule has 0 radical (unpaired) electrons. The lowest BCUT2D eigenvalue weighted by molar-refractivity contribution is -0.393. The topological polar surface area (TPSA) is 44.7 Å². The highest BCUT2D eigenvalue weighted by atomic mass is 79.9. The average molecular weight is 350 g/mol. The Hall–Kier alpha value is -1.45. The summed E-state index contributed by atoms with van der Waals surface area (Å²) in [5.41, 5.74) is 8.03. The molecule has 3 N–H and O–H groups in total. The summed E-state index contributed by atoms with van der Waals surface area (Å²) in [6, 6.07) is 3.68. The zero-order valence-corrected chi connectivity index (χ0v) is 14.3. The molecule has 114 valence electrons. The van der Waals surface area contributed by atoms with Crippen molar-refractivity contribution in [3.63, 3.8) is 0 Å². The van der Waals surface area contributed by atoms with E-state index in [2.05, 4.69) is 25.5 Å². The summed E-state index contributed by atoms with van der Waals surface area (Å²) in [5, 5.41) is 0. The molecular formula is C18H24BrNO. The molecule has 1 rings (SSSR count). The number of hydrogen-bond donors (Lipinski definition) is 1. The van der Waals surface area contributed by atoms with E-state index in [0.29, 0.717) is 6.42 Å². The van der Waals surface area contributed by atoms with Crippen molar-refractivity contribution in [2.75, 3.05) is 0 Å². The number of rotatable bonds is 8. The predicted octanol–water partition coefficient (Wildman–Crippen LogP) is -0.311. The van der Waals surface area contributed by atoms with Gasteiger partial charge in [-0.25, -0.2) is 0 Å². The van der Waals surface area contributed by atoms with E-state index in [4.69, 9.17) is 0 Å². The van der Waals surface area contributed by atoms with Gasteiger partial charge >= 0.3 is 0 Å². The fraction of sp³-hybridized carbons (Fsp3) is 0.278. The number of quaternary nitrogens is 1. The van der Waals surface area contributed by atoms with Crippen LogP contribution in [0.15, 0.2) is 50.1 Å². The first-order chi connectivity index (χ1) is 9.56. The monoisotopic (exact) mass is 349 g/mol. The van der Waals surface area contributed by atoms with Crippen LogP contribution in [0.2, 0.25) is 0 Å². The molecule has 0 fully saturated rings. The van der Waals surface area contributed by atoms with Crippen LogP contribution in [0.1, 0.15) is 34.0 Å². The second-order valence-electron chi connectivity index (χ2n) is 4.97. The van der Waals surface area contributed by atoms with Crippen molar-refractivity contribution in [3.8, 4) is 0 Å². The fourth-order valence-corrected chi connectivity index (χ4v) is 2.36. The Labute approximate surface area is 138 Å². The van der Waals surface area contributed by atoms with Crippen molar-refractivity contribution < 1.29 is 27.5 Å². The molecular weight excluding hydrogens is 326 g/mol. The van der Waals surface area contributed by atoms with Gasteiger partial charge in [-0.05, 0) is 42.9 Å². The molecule has 0 saturated carbocycles. The third-order valence-corrected chi connectivity index (χ3v) is 3.30. The summed E-state index contributed by atoms with van der Waals surface area (Å²) < 4.78 is 0. The normalized spacial score (nSPS) is 11.1. The minimum Gasteiger partial charge on any atom is -1.00 e. The third kappa shape index (κ3) is 4.80. The van der Waals surface area contributed by atoms with Gasteiger partial charge < -0.3 is 22.7 Å². The number of hydrogen-bond acceptors (Lipinski definition) is 1. The van der Waals surface area contributed by atoms with Crippen molar-refractivity contribution >= 4 is 5.78 Å². The van der Waals surface area contributed by atoms with Crippen LogP contribution in [0.3, 0.4) is 0 Å². The van der Waals surface area contributed by atoms with E-state index < -0.39 is 0 Å². The van der Waals surface area contributed by atoms with Crippen molar-refractivity contribution in [2.45, 2.75) is 32.2 Å². The Morgan fingerprint density at radius 1 is 1.10 bits per heavy atom. The summed E-state index contributed by atoms with van der Waals surface area (Å²) in [5.74, 6) is 0.0808. The molecule has 1 atom stereocenters. The molecule has 0 heterocycles. The van der Waals surface area contributed by atoms with E-state index in [1.165, 1.54) is 11.1 Å². The van der Waals surface area contributed by atoms with Crippen LogP contribution in [0.5, 0.6) is 0 Å². The second kappa shape index (κ2) is 9.48. The summed E-state index contributed by atoms with van der Waals surface area (Å²) in [6.45, 7) is 13.2. The lowest BCUT2D eigenvalue weighted by atomic mass is 9.87. The van der Waals surface area contributed by atoms with Gasteiger partial charge in [-0.15, -0.1) is 19.7 Å². The lowest BCUT2D eigenvalue weighted by Gasteiger charge is -2.16. The highest BCUT2D eigenvalue weighted by Gasteiger charge is 2.20. The third-order valence-electron chi connectivity index (χ3n) is 3.30. The molecule has 0 aromatic heterocycles. The molecule has 0 bridgehead atoms. The number of Topliss-reactive ketones (excluding diaryl/α,β-unsaturated/α-hetero) is 1. The van der Waals surface area contributed by atoms with E-state index in [-0.39, 0.29) is 28.8 Å². The SMILES string of the molecule is C=CCc1ccc(C(=O)C(C)[NH3+])c(CC=C)c1CC=C.[Br-]. The Balaban J connectivity index is 0.00000400. The Kier molecular flexibility index (Phi) is 8.83. The first-order valence-corrected chi connectivity index (χ1v) is 6.90. The molecule has 1 aromatic carbocycles. The molecule has 21 heavy (non-hydrogen) atoms. The molecule has 2 nitrogen and oxygen atoms in total. The summed E-state index contributed by atoms with van der Waals surface area (Å²) in [4.78, 5) is 12.3. The van der Waals surface area contributed by atoms with E-state index in [1.54, 1.807) is 0 Å². The van der Waals surface area contributed by atoms with Gasteiger partial charge in [-0.2, -0.15) is 0 Å². The molecule has 0 aliphatic heterocycles. The van der Waals surface area contributed by atoms with Gasteiger partial charge in [0.05, 0.1) is 0 Å². The summed E-state index contributed by atoms with van der Waals surface area (Å²) >= 11 is 0. The quantitative estimate of drug-likeness (QED) is 0.507. The van der Waals surface area contributed by atoms with Gasteiger partial charge in [0.2, 0.25) is 5.78 Å². The maximum atomic E-state index is 12.3. The minimum atomic E-state index is -0.250. The number of benzene rings is 1. The Morgan fingerprint density at radius 3 is 2.10 bits per heavy atom. The van der Waals surface area contributed by atoms with Gasteiger partial charge in [-0.3, -0.25) is 4.79 Å². The molecule has 0 amide bonds. The maximum Gasteiger partial charge on any atom is 0.219 e. The van der Waals surface area contributed by atoms with Crippen molar-refractivity contribution in [2.24, 2.45) is 0 Å². The smallest absolute Gasteiger partial charge is 0.219 e. The van der Waals surface area contributed by atoms with E-state index >= 15 is 0 Å². The zero-order valence-electron chi connectivity index (χ0n) is 12.7. The standard InChI is InChI=1S/C18H23NO.BrH/c1-5-8-14-11-12-17(18(20)13(4)19)16(10-7-3)15(14)9-6-2;/h5-7,11-13H,1-3,8-10,19H2,4H3;1H. The minimum absolute atomic E-state index is 0. The van der Waals surface area contributed by atoms with Gasteiger partial charge in [-0.1, -0.05) is 30.4 Å². The second-order valence-corrected chi connectivity index (χ2v) is 4.97. The molecule has 1 aromatic rings. The van der Waals surface area contributed by atoms with Crippen LogP contribution in [0, 0.1) is 0 Å². The zero-order chi connectivity index (χ0) is 15.1. The number of allylic oxidation sites excluding steroid dienone is 3. The first-order valence-electron chi connectivity index (χ1n) is 6.90. The van der Waals surface area contributed by atoms with Crippen LogP contribution in [0.4, 0.5) is 0 Å². The van der Waals surface area contributed by atoms with Crippen LogP contribution in [-0.2, 0) is 19.3 Å².